The van der Waals surface area contributed by atoms with Crippen LogP contribution in [0.4, 0.5) is 14.5 Å². The summed E-state index contributed by atoms with van der Waals surface area (Å²) in [6.45, 7) is 21.4. The predicted octanol–water partition coefficient (Wildman–Crippen LogP) is 6.60. The minimum absolute atomic E-state index is 0.0394. The summed E-state index contributed by atoms with van der Waals surface area (Å²) in [5.74, 6) is -0.911. The lowest BCUT2D eigenvalue weighted by Crippen LogP contribution is -2.47. The van der Waals surface area contributed by atoms with E-state index in [1.807, 2.05) is 9.47 Å². The Labute approximate surface area is 302 Å². The Balaban J connectivity index is 1.34. The molecule has 1 N–H and O–H groups in total. The number of rotatable bonds is 13. The first-order chi connectivity index (χ1) is 24.1. The van der Waals surface area contributed by atoms with Crippen LogP contribution >= 0.6 is 0 Å². The molecule has 51 heavy (non-hydrogen) atoms. The van der Waals surface area contributed by atoms with Crippen molar-refractivity contribution < 1.29 is 42.0 Å². The molecule has 1 unspecified atom stereocenters. The molecule has 0 aliphatic carbocycles. The van der Waals surface area contributed by atoms with Gasteiger partial charge in [-0.1, -0.05) is 40.4 Å². The summed E-state index contributed by atoms with van der Waals surface area (Å²) in [6.07, 6.45) is -1.05. The van der Waals surface area contributed by atoms with Crippen molar-refractivity contribution in [3.63, 3.8) is 0 Å². The van der Waals surface area contributed by atoms with Gasteiger partial charge in [0.05, 0.1) is 54.8 Å². The number of morpholine rings is 1. The smallest absolute Gasteiger partial charge is 0.201 e. The summed E-state index contributed by atoms with van der Waals surface area (Å²) in [4.78, 5) is 6.75. The Hall–Kier alpha value is -2.44. The molecule has 5 heterocycles. The fourth-order valence-electron chi connectivity index (χ4n) is 6.68. The van der Waals surface area contributed by atoms with Gasteiger partial charge in [0, 0.05) is 52.0 Å². The van der Waals surface area contributed by atoms with Crippen molar-refractivity contribution in [2.75, 3.05) is 57.6 Å². The van der Waals surface area contributed by atoms with Gasteiger partial charge in [0.1, 0.15) is 30.6 Å². The number of aliphatic hydroxyl groups excluding tert-OH is 1. The van der Waals surface area contributed by atoms with Gasteiger partial charge in [0.15, 0.2) is 14.4 Å². The Morgan fingerprint density at radius 3 is 2.24 bits per heavy atom. The minimum atomic E-state index is -2.08. The summed E-state index contributed by atoms with van der Waals surface area (Å²) < 4.78 is 71.1. The Morgan fingerprint density at radius 2 is 1.61 bits per heavy atom. The van der Waals surface area contributed by atoms with E-state index >= 15 is 8.78 Å². The number of nitrogens with zero attached hydrogens (tertiary/aromatic N) is 3. The van der Waals surface area contributed by atoms with Crippen LogP contribution in [-0.2, 0) is 36.5 Å². The molecule has 0 amide bonds. The molecule has 14 heteroatoms. The molecule has 2 aromatic heterocycles. The van der Waals surface area contributed by atoms with E-state index in [0.29, 0.717) is 74.3 Å². The van der Waals surface area contributed by atoms with Crippen molar-refractivity contribution in [3.8, 4) is 17.1 Å². The quantitative estimate of drug-likeness (QED) is 0.153. The molecule has 3 aliphatic heterocycles. The van der Waals surface area contributed by atoms with Crippen LogP contribution in [-0.4, -0.2) is 108 Å². The number of fused-ring (bicyclic) bond motifs is 2. The molecule has 1 aromatic carbocycles. The van der Waals surface area contributed by atoms with Crippen LogP contribution in [0.5, 0.6) is 5.88 Å². The second kappa shape index (κ2) is 15.1. The normalized spacial score (nSPS) is 23.0. The third kappa shape index (κ3) is 8.23. The highest BCUT2D eigenvalue weighted by Crippen LogP contribution is 2.42. The Bertz CT molecular complexity index is 1660. The highest BCUT2D eigenvalue weighted by Gasteiger charge is 2.52. The molecule has 3 aromatic rings. The maximum atomic E-state index is 15.7. The topological polar surface area (TPSA) is 96.7 Å². The zero-order valence-corrected chi connectivity index (χ0v) is 33.4. The van der Waals surface area contributed by atoms with E-state index in [1.54, 1.807) is 12.1 Å². The second-order valence-corrected chi connectivity index (χ2v) is 27.0. The number of hydrogen-bond donors (Lipinski definition) is 1. The summed E-state index contributed by atoms with van der Waals surface area (Å²) in [5, 5.41) is 10.3. The average Bonchev–Trinajstić information content (AvgIpc) is 3.72. The summed E-state index contributed by atoms with van der Waals surface area (Å²) in [7, 11) is -3.43. The third-order valence-corrected chi connectivity index (χ3v) is 16.9. The molecule has 0 saturated carbocycles. The van der Waals surface area contributed by atoms with Crippen LogP contribution < -0.4 is 9.64 Å². The van der Waals surface area contributed by atoms with Gasteiger partial charge in [-0.3, -0.25) is 4.57 Å². The van der Waals surface area contributed by atoms with E-state index in [0.717, 1.165) is 6.04 Å². The van der Waals surface area contributed by atoms with Crippen LogP contribution in [0.2, 0.25) is 43.8 Å². The molecule has 6 rings (SSSR count). The molecule has 3 aliphatic rings. The van der Waals surface area contributed by atoms with Crippen molar-refractivity contribution >= 4 is 33.1 Å². The van der Waals surface area contributed by atoms with E-state index in [4.69, 9.17) is 33.1 Å². The predicted molar refractivity (Wildman–Crippen MR) is 199 cm³/mol. The van der Waals surface area contributed by atoms with Gasteiger partial charge in [-0.25, -0.2) is 13.8 Å². The van der Waals surface area contributed by atoms with Crippen LogP contribution in [0.25, 0.3) is 22.3 Å². The highest BCUT2D eigenvalue weighted by molar-refractivity contribution is 6.76. The van der Waals surface area contributed by atoms with E-state index in [1.165, 1.54) is 12.1 Å². The van der Waals surface area contributed by atoms with Crippen LogP contribution in [0.3, 0.4) is 0 Å². The summed E-state index contributed by atoms with van der Waals surface area (Å²) >= 11 is 0. The van der Waals surface area contributed by atoms with Crippen molar-refractivity contribution in [3.05, 3.63) is 41.5 Å². The number of aliphatic hydroxyl groups is 1. The largest absolute Gasteiger partial charge is 0.470 e. The number of halogens is 2. The number of pyridine rings is 1. The zero-order chi connectivity index (χ0) is 36.7. The SMILES string of the molecule is CC(C)(C)[Si](C)(C)OC1CO[C@H]2[C@@H]1OC[C@H]2Oc1c(CCO)c2nc(-c3c(F)cc(N4CCOCC4)cc3F)ccc2n1COCC[Si](C)(C)C. The molecule has 0 spiro atoms. The standard InChI is InChI=1S/C37H55F2N3O7Si2/c1-37(2,3)51(7,8)49-31-22-47-34-30(21-46-35(31)34)48-36-25(11-14-43)33-29(42(36)23-45-17-18-50(4,5)6)10-9-28(40-33)32-26(38)19-24(20-27(32)39)41-12-15-44-16-13-41/h9-10,19-20,30-31,34-35,43H,11-18,21-23H2,1-8H3/t30-,31?,34-,35-/m1/s1. The third-order valence-electron chi connectivity index (χ3n) is 10.7. The maximum Gasteiger partial charge on any atom is 0.201 e. The van der Waals surface area contributed by atoms with Crippen molar-refractivity contribution in [1.29, 1.82) is 0 Å². The van der Waals surface area contributed by atoms with Gasteiger partial charge < -0.3 is 38.1 Å². The second-order valence-electron chi connectivity index (χ2n) is 16.7. The average molecular weight is 748 g/mol. The van der Waals surface area contributed by atoms with Crippen LogP contribution in [0.15, 0.2) is 24.3 Å². The maximum absolute atomic E-state index is 15.7. The molecule has 0 radical (unpaired) electrons. The molecule has 3 fully saturated rings. The van der Waals surface area contributed by atoms with Crippen LogP contribution in [0.1, 0.15) is 26.3 Å². The van der Waals surface area contributed by atoms with Crippen LogP contribution in [0, 0.1) is 11.6 Å². The fourth-order valence-corrected chi connectivity index (χ4v) is 8.75. The minimum Gasteiger partial charge on any atom is -0.470 e. The summed E-state index contributed by atoms with van der Waals surface area (Å²) in [6, 6.07) is 7.12. The molecule has 282 valence electrons. The molecule has 4 atom stereocenters. The van der Waals surface area contributed by atoms with Gasteiger partial charge >= 0.3 is 0 Å². The van der Waals surface area contributed by atoms with E-state index in [-0.39, 0.29) is 54.4 Å². The number of anilines is 1. The molecular formula is C37H55F2N3O7Si2. The van der Waals surface area contributed by atoms with Gasteiger partial charge in [-0.15, -0.1) is 0 Å². The Kier molecular flexibility index (Phi) is 11.4. The van der Waals surface area contributed by atoms with Gasteiger partial charge in [0.2, 0.25) is 5.88 Å². The number of aromatic nitrogens is 2. The first kappa shape index (κ1) is 38.3. The number of ether oxygens (including phenoxy) is 5. The first-order valence-corrected chi connectivity index (χ1v) is 24.8. The lowest BCUT2D eigenvalue weighted by Gasteiger charge is -2.39. The van der Waals surface area contributed by atoms with E-state index in [9.17, 15) is 5.11 Å². The van der Waals surface area contributed by atoms with Crippen molar-refractivity contribution in [2.24, 2.45) is 0 Å². The first-order valence-electron chi connectivity index (χ1n) is 18.2. The summed E-state index contributed by atoms with van der Waals surface area (Å²) in [5.41, 5.74) is 2.22. The fraction of sp³-hybridized carbons (Fsp3) is 0.649. The Morgan fingerprint density at radius 1 is 0.961 bits per heavy atom. The highest BCUT2D eigenvalue weighted by atomic mass is 28.4. The van der Waals surface area contributed by atoms with Gasteiger partial charge in [0.25, 0.3) is 0 Å². The van der Waals surface area contributed by atoms with E-state index < -0.39 is 34.1 Å². The number of hydrogen-bond acceptors (Lipinski definition) is 9. The lowest BCUT2D eigenvalue weighted by molar-refractivity contribution is 0.00820. The number of benzene rings is 1. The molecule has 0 bridgehead atoms. The van der Waals surface area contributed by atoms with Gasteiger partial charge in [-0.2, -0.15) is 0 Å². The van der Waals surface area contributed by atoms with Gasteiger partial charge in [-0.05, 0) is 48.4 Å². The zero-order valence-electron chi connectivity index (χ0n) is 31.4. The molecule has 10 nitrogen and oxygen atoms in total. The monoisotopic (exact) mass is 747 g/mol. The lowest BCUT2D eigenvalue weighted by atomic mass is 10.1. The van der Waals surface area contributed by atoms with Crippen molar-refractivity contribution in [1.82, 2.24) is 9.55 Å². The van der Waals surface area contributed by atoms with E-state index in [2.05, 4.69) is 53.5 Å². The van der Waals surface area contributed by atoms with Crippen molar-refractivity contribution in [2.45, 2.75) is 102 Å². The molecule has 3 saturated heterocycles. The molecular weight excluding hydrogens is 693 g/mol.